The second kappa shape index (κ2) is 7.07. The van der Waals surface area contributed by atoms with Crippen LogP contribution >= 0.6 is 7.60 Å². The molecule has 7 atom stereocenters. The molecule has 2 heterocycles. The zero-order valence-corrected chi connectivity index (χ0v) is 14.1. The summed E-state index contributed by atoms with van der Waals surface area (Å²) in [4.78, 5) is 0. The van der Waals surface area contributed by atoms with Gasteiger partial charge in [0.05, 0.1) is 37.6 Å². The summed E-state index contributed by atoms with van der Waals surface area (Å²) in [5.74, 6) is 0.389. The average Bonchev–Trinajstić information content (AvgIpc) is 2.88. The molecule has 0 bridgehead atoms. The maximum absolute atomic E-state index is 12.4. The normalized spacial score (nSPS) is 43.1. The molecule has 2 fully saturated rings. The largest absolute Gasteiger partial charge is 0.394 e. The van der Waals surface area contributed by atoms with E-state index in [1.807, 2.05) is 13.8 Å². The van der Waals surface area contributed by atoms with E-state index in [1.165, 1.54) is 6.66 Å². The van der Waals surface area contributed by atoms with Crippen LogP contribution in [0.15, 0.2) is 0 Å². The number of aliphatic hydroxyl groups excluding tert-OH is 1. The molecule has 0 saturated carbocycles. The van der Waals surface area contributed by atoms with Crippen LogP contribution in [0.3, 0.4) is 0 Å². The van der Waals surface area contributed by atoms with Crippen LogP contribution in [0.1, 0.15) is 33.6 Å². The Bertz CT molecular complexity index is 390. The molecule has 7 unspecified atom stereocenters. The van der Waals surface area contributed by atoms with Gasteiger partial charge < -0.3 is 23.6 Å². The Morgan fingerprint density at radius 2 is 1.76 bits per heavy atom. The van der Waals surface area contributed by atoms with Gasteiger partial charge in [0.15, 0.2) is 0 Å². The Morgan fingerprint density at radius 1 is 1.14 bits per heavy atom. The third-order valence-corrected chi connectivity index (χ3v) is 5.38. The number of hydrogen-bond donors (Lipinski definition) is 1. The zero-order valence-electron chi connectivity index (χ0n) is 13.2. The van der Waals surface area contributed by atoms with Gasteiger partial charge in [-0.1, -0.05) is 6.92 Å². The van der Waals surface area contributed by atoms with Gasteiger partial charge in [0.1, 0.15) is 6.10 Å². The lowest BCUT2D eigenvalue weighted by atomic mass is 10.0. The van der Waals surface area contributed by atoms with E-state index in [-0.39, 0.29) is 37.6 Å². The highest BCUT2D eigenvalue weighted by Crippen LogP contribution is 2.48. The van der Waals surface area contributed by atoms with Crippen LogP contribution in [-0.2, 0) is 23.1 Å². The summed E-state index contributed by atoms with van der Waals surface area (Å²) in [6.45, 7) is 7.63. The van der Waals surface area contributed by atoms with Crippen LogP contribution in [0.2, 0.25) is 0 Å². The van der Waals surface area contributed by atoms with E-state index in [0.717, 1.165) is 6.42 Å². The molecular formula is C14H27O6P. The SMILES string of the molecule is CC1CC(C)C(COP(C)(=O)OC2CC(C)OC2CO)O1. The second-order valence-corrected chi connectivity index (χ2v) is 8.32. The predicted octanol–water partition coefficient (Wildman–Crippen LogP) is 2.19. The van der Waals surface area contributed by atoms with Crippen LogP contribution in [0.5, 0.6) is 0 Å². The van der Waals surface area contributed by atoms with E-state index in [1.54, 1.807) is 0 Å². The summed E-state index contributed by atoms with van der Waals surface area (Å²) in [6.07, 6.45) is 0.952. The maximum atomic E-state index is 12.4. The van der Waals surface area contributed by atoms with Gasteiger partial charge in [-0.05, 0) is 26.2 Å². The van der Waals surface area contributed by atoms with E-state index >= 15 is 0 Å². The van der Waals surface area contributed by atoms with Crippen LogP contribution < -0.4 is 0 Å². The lowest BCUT2D eigenvalue weighted by Gasteiger charge is -2.23. The Balaban J connectivity index is 1.83. The molecule has 0 aromatic heterocycles. The minimum atomic E-state index is -3.19. The van der Waals surface area contributed by atoms with Gasteiger partial charge in [-0.25, -0.2) is 0 Å². The molecule has 1 N–H and O–H groups in total. The van der Waals surface area contributed by atoms with Crippen molar-refractivity contribution in [2.24, 2.45) is 5.92 Å². The molecule has 6 nitrogen and oxygen atoms in total. The maximum Gasteiger partial charge on any atom is 0.328 e. The van der Waals surface area contributed by atoms with Gasteiger partial charge >= 0.3 is 7.60 Å². The highest BCUT2D eigenvalue weighted by molar-refractivity contribution is 7.53. The molecule has 7 heteroatoms. The van der Waals surface area contributed by atoms with Gasteiger partial charge in [-0.2, -0.15) is 0 Å². The van der Waals surface area contributed by atoms with Crippen molar-refractivity contribution in [1.82, 2.24) is 0 Å². The second-order valence-electron chi connectivity index (χ2n) is 6.31. The first-order valence-electron chi connectivity index (χ1n) is 7.63. The van der Waals surface area contributed by atoms with E-state index in [4.69, 9.17) is 18.5 Å². The average molecular weight is 322 g/mol. The van der Waals surface area contributed by atoms with Gasteiger partial charge in [0.2, 0.25) is 0 Å². The first-order valence-corrected chi connectivity index (χ1v) is 9.62. The monoisotopic (exact) mass is 322 g/mol. The van der Waals surface area contributed by atoms with Gasteiger partial charge in [-0.3, -0.25) is 4.57 Å². The van der Waals surface area contributed by atoms with Crippen molar-refractivity contribution in [2.45, 2.75) is 64.1 Å². The summed E-state index contributed by atoms with van der Waals surface area (Å²) in [7, 11) is -3.19. The summed E-state index contributed by atoms with van der Waals surface area (Å²) in [5, 5.41) is 9.26. The Labute approximate surface area is 126 Å². The van der Waals surface area contributed by atoms with Crippen molar-refractivity contribution < 1.29 is 28.2 Å². The van der Waals surface area contributed by atoms with Crippen LogP contribution in [0.25, 0.3) is 0 Å². The molecule has 2 aliphatic heterocycles. The molecule has 21 heavy (non-hydrogen) atoms. The summed E-state index contributed by atoms with van der Waals surface area (Å²) < 4.78 is 34.8. The number of ether oxygens (including phenoxy) is 2. The zero-order chi connectivity index (χ0) is 15.6. The third kappa shape index (κ3) is 4.75. The third-order valence-electron chi connectivity index (χ3n) is 4.11. The molecule has 0 spiro atoms. The Kier molecular flexibility index (Phi) is 5.85. The molecular weight excluding hydrogens is 295 g/mol. The van der Waals surface area contributed by atoms with E-state index < -0.39 is 13.7 Å². The first kappa shape index (κ1) is 17.4. The minimum absolute atomic E-state index is 0.00816. The van der Waals surface area contributed by atoms with Crippen molar-refractivity contribution in [2.75, 3.05) is 19.9 Å². The van der Waals surface area contributed by atoms with Crippen LogP contribution in [0.4, 0.5) is 0 Å². The fraction of sp³-hybridized carbons (Fsp3) is 1.00. The smallest absolute Gasteiger partial charge is 0.328 e. The van der Waals surface area contributed by atoms with Crippen molar-refractivity contribution >= 4 is 7.60 Å². The molecule has 2 saturated heterocycles. The quantitative estimate of drug-likeness (QED) is 0.756. The lowest BCUT2D eigenvalue weighted by Crippen LogP contribution is -2.28. The molecule has 0 aromatic rings. The van der Waals surface area contributed by atoms with Crippen molar-refractivity contribution in [1.29, 1.82) is 0 Å². The Morgan fingerprint density at radius 3 is 2.33 bits per heavy atom. The van der Waals surface area contributed by atoms with Crippen molar-refractivity contribution in [3.63, 3.8) is 0 Å². The highest BCUT2D eigenvalue weighted by Gasteiger charge is 2.38. The molecule has 2 aliphatic rings. The topological polar surface area (TPSA) is 74.2 Å². The van der Waals surface area contributed by atoms with Crippen LogP contribution in [-0.4, -0.2) is 55.5 Å². The number of rotatable bonds is 6. The van der Waals surface area contributed by atoms with E-state index in [0.29, 0.717) is 12.3 Å². The molecule has 0 aromatic carbocycles. The molecule has 0 radical (unpaired) electrons. The molecule has 2 rings (SSSR count). The van der Waals surface area contributed by atoms with Crippen LogP contribution in [0, 0.1) is 5.92 Å². The van der Waals surface area contributed by atoms with E-state index in [9.17, 15) is 9.67 Å². The Hall–Kier alpha value is 0.0300. The standard InChI is InChI=1S/C14H27O6P/c1-9-5-10(2)19-14(9)8-17-21(4,16)20-12-6-11(3)18-13(12)7-15/h9-15H,5-8H2,1-4H3. The molecule has 0 aliphatic carbocycles. The van der Waals surface area contributed by atoms with E-state index in [2.05, 4.69) is 6.92 Å². The summed E-state index contributed by atoms with van der Waals surface area (Å²) >= 11 is 0. The fourth-order valence-corrected chi connectivity index (χ4v) is 4.24. The molecule has 0 amide bonds. The first-order chi connectivity index (χ1) is 9.80. The number of aliphatic hydroxyl groups is 1. The van der Waals surface area contributed by atoms with Gasteiger partial charge in [0, 0.05) is 13.1 Å². The van der Waals surface area contributed by atoms with Gasteiger partial charge in [0.25, 0.3) is 0 Å². The predicted molar refractivity (Wildman–Crippen MR) is 78.5 cm³/mol. The summed E-state index contributed by atoms with van der Waals surface area (Å²) in [6, 6.07) is 0. The van der Waals surface area contributed by atoms with Crippen molar-refractivity contribution in [3.8, 4) is 0 Å². The molecule has 124 valence electrons. The highest BCUT2D eigenvalue weighted by atomic mass is 31.2. The number of hydrogen-bond acceptors (Lipinski definition) is 6. The minimum Gasteiger partial charge on any atom is -0.394 e. The van der Waals surface area contributed by atoms with Gasteiger partial charge in [-0.15, -0.1) is 0 Å². The van der Waals surface area contributed by atoms with Crippen molar-refractivity contribution in [3.05, 3.63) is 0 Å². The summed E-state index contributed by atoms with van der Waals surface area (Å²) in [5.41, 5.74) is 0. The fourth-order valence-electron chi connectivity index (χ4n) is 3.04. The lowest BCUT2D eigenvalue weighted by molar-refractivity contribution is -0.0191.